The maximum absolute atomic E-state index is 11.5. The van der Waals surface area contributed by atoms with Crippen LogP contribution in [0.5, 0.6) is 0 Å². The van der Waals surface area contributed by atoms with Gasteiger partial charge in [0.2, 0.25) is 0 Å². The lowest BCUT2D eigenvalue weighted by Crippen LogP contribution is -2.17. The van der Waals surface area contributed by atoms with Crippen molar-refractivity contribution < 1.29 is 14.6 Å². The SMILES string of the molecule is C=C(C(=O)OC(C)C)C(O)c1ccc(Cl)cc1. The summed E-state index contributed by atoms with van der Waals surface area (Å²) in [6.45, 7) is 7.02. The van der Waals surface area contributed by atoms with E-state index in [4.69, 9.17) is 16.3 Å². The number of hydrogen-bond acceptors (Lipinski definition) is 3. The van der Waals surface area contributed by atoms with Crippen LogP contribution < -0.4 is 0 Å². The lowest BCUT2D eigenvalue weighted by atomic mass is 10.0. The van der Waals surface area contributed by atoms with Crippen LogP contribution in [-0.2, 0) is 9.53 Å². The Kier molecular flexibility index (Phi) is 4.73. The van der Waals surface area contributed by atoms with Crippen LogP contribution in [-0.4, -0.2) is 17.2 Å². The molecule has 1 rings (SSSR count). The smallest absolute Gasteiger partial charge is 0.336 e. The minimum atomic E-state index is -1.07. The molecule has 1 aromatic carbocycles. The second-order valence-corrected chi connectivity index (χ2v) is 4.37. The number of halogens is 1. The van der Waals surface area contributed by atoms with Crippen molar-refractivity contribution in [3.05, 3.63) is 47.0 Å². The van der Waals surface area contributed by atoms with Crippen LogP contribution in [0.25, 0.3) is 0 Å². The summed E-state index contributed by atoms with van der Waals surface area (Å²) in [6.07, 6.45) is -1.31. The highest BCUT2D eigenvalue weighted by molar-refractivity contribution is 6.30. The molecule has 1 atom stereocenters. The number of benzene rings is 1. The van der Waals surface area contributed by atoms with Crippen molar-refractivity contribution in [3.8, 4) is 0 Å². The molecule has 92 valence electrons. The number of carbonyl (C=O) groups excluding carboxylic acids is 1. The van der Waals surface area contributed by atoms with E-state index in [9.17, 15) is 9.90 Å². The third-order valence-electron chi connectivity index (χ3n) is 2.12. The summed E-state index contributed by atoms with van der Waals surface area (Å²) in [4.78, 5) is 11.5. The van der Waals surface area contributed by atoms with Gasteiger partial charge in [-0.3, -0.25) is 0 Å². The van der Waals surface area contributed by atoms with Crippen LogP contribution in [0.15, 0.2) is 36.4 Å². The van der Waals surface area contributed by atoms with E-state index in [0.717, 1.165) is 0 Å². The van der Waals surface area contributed by atoms with E-state index in [1.165, 1.54) is 0 Å². The molecule has 1 unspecified atom stereocenters. The summed E-state index contributed by atoms with van der Waals surface area (Å²) >= 11 is 5.73. The number of rotatable bonds is 4. The van der Waals surface area contributed by atoms with Gasteiger partial charge in [-0.15, -0.1) is 0 Å². The van der Waals surface area contributed by atoms with E-state index in [1.54, 1.807) is 38.1 Å². The molecule has 0 aliphatic rings. The van der Waals surface area contributed by atoms with Crippen LogP contribution in [0.1, 0.15) is 25.5 Å². The molecule has 0 amide bonds. The van der Waals surface area contributed by atoms with E-state index < -0.39 is 12.1 Å². The van der Waals surface area contributed by atoms with Crippen LogP contribution in [0, 0.1) is 0 Å². The van der Waals surface area contributed by atoms with Crippen molar-refractivity contribution >= 4 is 17.6 Å². The molecule has 1 N–H and O–H groups in total. The van der Waals surface area contributed by atoms with Gasteiger partial charge in [-0.1, -0.05) is 30.3 Å². The Bertz CT molecular complexity index is 409. The van der Waals surface area contributed by atoms with E-state index in [2.05, 4.69) is 6.58 Å². The average molecular weight is 255 g/mol. The quantitative estimate of drug-likeness (QED) is 0.664. The van der Waals surface area contributed by atoms with Gasteiger partial charge in [-0.2, -0.15) is 0 Å². The molecule has 0 radical (unpaired) electrons. The van der Waals surface area contributed by atoms with E-state index in [1.807, 2.05) is 0 Å². The van der Waals surface area contributed by atoms with E-state index in [0.29, 0.717) is 10.6 Å². The second kappa shape index (κ2) is 5.84. The molecule has 3 nitrogen and oxygen atoms in total. The fourth-order valence-corrected chi connectivity index (χ4v) is 1.37. The molecule has 0 saturated carbocycles. The number of ether oxygens (including phenoxy) is 1. The standard InChI is InChI=1S/C13H15ClO3/c1-8(2)17-13(16)9(3)12(15)10-4-6-11(14)7-5-10/h4-8,12,15H,3H2,1-2H3. The Hall–Kier alpha value is -1.32. The number of aliphatic hydroxyl groups excluding tert-OH is 1. The zero-order valence-corrected chi connectivity index (χ0v) is 10.6. The molecule has 4 heteroatoms. The van der Waals surface area contributed by atoms with Crippen LogP contribution in [0.4, 0.5) is 0 Å². The van der Waals surface area contributed by atoms with Crippen molar-refractivity contribution in [1.29, 1.82) is 0 Å². The Morgan fingerprint density at radius 2 is 1.88 bits per heavy atom. The number of carbonyl (C=O) groups is 1. The molecule has 0 aromatic heterocycles. The average Bonchev–Trinajstić information content (AvgIpc) is 2.27. The fraction of sp³-hybridized carbons (Fsp3) is 0.308. The summed E-state index contributed by atoms with van der Waals surface area (Å²) in [5.74, 6) is -0.595. The lowest BCUT2D eigenvalue weighted by molar-refractivity contribution is -0.143. The summed E-state index contributed by atoms with van der Waals surface area (Å²) < 4.78 is 4.95. The zero-order chi connectivity index (χ0) is 13.0. The van der Waals surface area contributed by atoms with Gasteiger partial charge in [0.25, 0.3) is 0 Å². The van der Waals surface area contributed by atoms with Crippen LogP contribution in [0.3, 0.4) is 0 Å². The minimum Gasteiger partial charge on any atom is -0.460 e. The fourth-order valence-electron chi connectivity index (χ4n) is 1.25. The van der Waals surface area contributed by atoms with Crippen molar-refractivity contribution in [1.82, 2.24) is 0 Å². The molecule has 0 heterocycles. The Labute approximate surface area is 106 Å². The molecule has 0 spiro atoms. The highest BCUT2D eigenvalue weighted by Crippen LogP contribution is 2.23. The summed E-state index contributed by atoms with van der Waals surface area (Å²) in [6, 6.07) is 6.56. The number of esters is 1. The number of aliphatic hydroxyl groups is 1. The molecular weight excluding hydrogens is 240 g/mol. The molecule has 0 bridgehead atoms. The van der Waals surface area contributed by atoms with E-state index in [-0.39, 0.29) is 11.7 Å². The molecular formula is C13H15ClO3. The van der Waals surface area contributed by atoms with Crippen molar-refractivity contribution in [2.75, 3.05) is 0 Å². The van der Waals surface area contributed by atoms with Crippen molar-refractivity contribution in [2.24, 2.45) is 0 Å². The Balaban J connectivity index is 2.76. The first kappa shape index (κ1) is 13.7. The van der Waals surface area contributed by atoms with Crippen molar-refractivity contribution in [3.63, 3.8) is 0 Å². The predicted octanol–water partition coefficient (Wildman–Crippen LogP) is 2.88. The molecule has 1 aromatic rings. The first-order valence-electron chi connectivity index (χ1n) is 5.25. The molecule has 0 aliphatic heterocycles. The van der Waals surface area contributed by atoms with Gasteiger partial charge in [0, 0.05) is 5.02 Å². The second-order valence-electron chi connectivity index (χ2n) is 3.93. The molecule has 17 heavy (non-hydrogen) atoms. The highest BCUT2D eigenvalue weighted by Gasteiger charge is 2.20. The first-order valence-corrected chi connectivity index (χ1v) is 5.63. The molecule has 0 aliphatic carbocycles. The van der Waals surface area contributed by atoms with E-state index >= 15 is 0 Å². The highest BCUT2D eigenvalue weighted by atomic mass is 35.5. The minimum absolute atomic E-state index is 0.0148. The van der Waals surface area contributed by atoms with Gasteiger partial charge >= 0.3 is 5.97 Å². The zero-order valence-electron chi connectivity index (χ0n) is 9.81. The third-order valence-corrected chi connectivity index (χ3v) is 2.37. The van der Waals surface area contributed by atoms with Crippen LogP contribution >= 0.6 is 11.6 Å². The first-order chi connectivity index (χ1) is 7.91. The molecule has 0 saturated heterocycles. The van der Waals surface area contributed by atoms with Gasteiger partial charge in [-0.05, 0) is 31.5 Å². The normalized spacial score (nSPS) is 12.3. The summed E-state index contributed by atoms with van der Waals surface area (Å²) in [5, 5.41) is 10.5. The van der Waals surface area contributed by atoms with Gasteiger partial charge in [0.1, 0.15) is 6.10 Å². The topological polar surface area (TPSA) is 46.5 Å². The van der Waals surface area contributed by atoms with Gasteiger partial charge < -0.3 is 9.84 Å². The predicted molar refractivity (Wildman–Crippen MR) is 66.8 cm³/mol. The van der Waals surface area contributed by atoms with Gasteiger partial charge in [0.15, 0.2) is 0 Å². The van der Waals surface area contributed by atoms with Crippen LogP contribution in [0.2, 0.25) is 5.02 Å². The monoisotopic (exact) mass is 254 g/mol. The summed E-state index contributed by atoms with van der Waals surface area (Å²) in [5.41, 5.74) is 0.570. The summed E-state index contributed by atoms with van der Waals surface area (Å²) in [7, 11) is 0. The van der Waals surface area contributed by atoms with Crippen molar-refractivity contribution in [2.45, 2.75) is 26.1 Å². The third kappa shape index (κ3) is 3.88. The van der Waals surface area contributed by atoms with Gasteiger partial charge in [-0.25, -0.2) is 4.79 Å². The maximum Gasteiger partial charge on any atom is 0.336 e. The lowest BCUT2D eigenvalue weighted by Gasteiger charge is -2.15. The number of hydrogen-bond donors (Lipinski definition) is 1. The molecule has 0 fully saturated rings. The Morgan fingerprint density at radius 3 is 2.35 bits per heavy atom. The van der Waals surface area contributed by atoms with Gasteiger partial charge in [0.05, 0.1) is 11.7 Å². The Morgan fingerprint density at radius 1 is 1.35 bits per heavy atom. The maximum atomic E-state index is 11.5. The largest absolute Gasteiger partial charge is 0.460 e.